The first-order valence-corrected chi connectivity index (χ1v) is 7.72. The minimum Gasteiger partial charge on any atom is -0.491 e. The van der Waals surface area contributed by atoms with Gasteiger partial charge in [0.05, 0.1) is 6.04 Å². The van der Waals surface area contributed by atoms with Crippen LogP contribution in [-0.4, -0.2) is 18.6 Å². The van der Waals surface area contributed by atoms with Crippen molar-refractivity contribution in [2.75, 3.05) is 6.61 Å². The summed E-state index contributed by atoms with van der Waals surface area (Å²) in [5, 5.41) is 3.60. The summed E-state index contributed by atoms with van der Waals surface area (Å²) in [5.74, 6) is 0.704. The molecule has 0 bridgehead atoms. The molecule has 0 aliphatic heterocycles. The average molecular weight is 318 g/mol. The molecule has 2 aromatic carbocycles. The molecule has 1 amide bonds. The molecule has 1 atom stereocenters. The summed E-state index contributed by atoms with van der Waals surface area (Å²) in [7, 11) is 0. The second kappa shape index (κ2) is 7.85. The molecule has 0 fully saturated rings. The Morgan fingerprint density at radius 3 is 2.59 bits per heavy atom. The highest BCUT2D eigenvalue weighted by Gasteiger charge is 2.13. The number of hydrogen-bond acceptors (Lipinski definition) is 2. The first-order valence-electron chi connectivity index (χ1n) is 7.34. The maximum Gasteiger partial charge on any atom is 0.251 e. The van der Waals surface area contributed by atoms with Gasteiger partial charge in [-0.05, 0) is 55.3 Å². The zero-order valence-electron chi connectivity index (χ0n) is 12.8. The van der Waals surface area contributed by atoms with Crippen molar-refractivity contribution >= 4 is 17.5 Å². The molecular weight excluding hydrogens is 298 g/mol. The third-order valence-corrected chi connectivity index (χ3v) is 3.63. The van der Waals surface area contributed by atoms with Crippen LogP contribution < -0.4 is 10.1 Å². The number of amides is 1. The van der Waals surface area contributed by atoms with E-state index in [1.54, 1.807) is 24.3 Å². The first-order chi connectivity index (χ1) is 10.6. The van der Waals surface area contributed by atoms with Gasteiger partial charge in [-0.2, -0.15) is 0 Å². The highest BCUT2D eigenvalue weighted by Crippen LogP contribution is 2.13. The number of nitrogens with one attached hydrogen (secondary N) is 1. The number of hydrogen-bond donors (Lipinski definition) is 1. The van der Waals surface area contributed by atoms with E-state index in [0.717, 1.165) is 17.7 Å². The maximum absolute atomic E-state index is 12.2. The Hall–Kier alpha value is -2.00. The lowest BCUT2D eigenvalue weighted by molar-refractivity contribution is 0.0920. The second-order valence-corrected chi connectivity index (χ2v) is 5.65. The third-order valence-electron chi connectivity index (χ3n) is 3.38. The summed E-state index contributed by atoms with van der Waals surface area (Å²) in [6.07, 6.45) is 0.797. The van der Waals surface area contributed by atoms with Crippen molar-refractivity contribution in [3.05, 3.63) is 64.7 Å². The molecule has 0 aliphatic carbocycles. The van der Waals surface area contributed by atoms with Crippen LogP contribution in [0.15, 0.2) is 48.5 Å². The van der Waals surface area contributed by atoms with Crippen LogP contribution in [0, 0.1) is 6.92 Å². The van der Waals surface area contributed by atoms with Crippen molar-refractivity contribution in [2.24, 2.45) is 0 Å². The molecule has 3 nitrogen and oxygen atoms in total. The van der Waals surface area contributed by atoms with E-state index in [2.05, 4.69) is 5.32 Å². The van der Waals surface area contributed by atoms with Gasteiger partial charge in [0.15, 0.2) is 0 Å². The molecule has 0 heterocycles. The normalized spacial score (nSPS) is 11.8. The molecule has 0 aromatic heterocycles. The van der Waals surface area contributed by atoms with E-state index in [9.17, 15) is 4.79 Å². The van der Waals surface area contributed by atoms with E-state index in [-0.39, 0.29) is 11.9 Å². The smallest absolute Gasteiger partial charge is 0.251 e. The van der Waals surface area contributed by atoms with Crippen LogP contribution in [0.1, 0.15) is 29.3 Å². The van der Waals surface area contributed by atoms with Crippen molar-refractivity contribution < 1.29 is 9.53 Å². The lowest BCUT2D eigenvalue weighted by Crippen LogP contribution is -2.38. The first kappa shape index (κ1) is 16.4. The molecule has 2 rings (SSSR count). The topological polar surface area (TPSA) is 38.3 Å². The van der Waals surface area contributed by atoms with Gasteiger partial charge >= 0.3 is 0 Å². The summed E-state index contributed by atoms with van der Waals surface area (Å²) >= 11 is 5.83. The number of rotatable bonds is 6. The van der Waals surface area contributed by atoms with Gasteiger partial charge in [-0.25, -0.2) is 0 Å². The van der Waals surface area contributed by atoms with Crippen LogP contribution in [0.2, 0.25) is 5.02 Å². The van der Waals surface area contributed by atoms with E-state index in [4.69, 9.17) is 16.3 Å². The average Bonchev–Trinajstić information content (AvgIpc) is 2.52. The van der Waals surface area contributed by atoms with Crippen LogP contribution >= 0.6 is 11.6 Å². The Morgan fingerprint density at radius 2 is 1.95 bits per heavy atom. The predicted molar refractivity (Wildman–Crippen MR) is 89.7 cm³/mol. The molecule has 0 saturated heterocycles. The number of benzene rings is 2. The van der Waals surface area contributed by atoms with Gasteiger partial charge in [-0.15, -0.1) is 0 Å². The minimum atomic E-state index is -0.114. The van der Waals surface area contributed by atoms with E-state index in [1.165, 1.54) is 0 Å². The van der Waals surface area contributed by atoms with Crippen LogP contribution in [0.3, 0.4) is 0 Å². The largest absolute Gasteiger partial charge is 0.491 e. The fourth-order valence-electron chi connectivity index (χ4n) is 2.03. The van der Waals surface area contributed by atoms with Crippen molar-refractivity contribution in [3.8, 4) is 5.75 Å². The lowest BCUT2D eigenvalue weighted by Gasteiger charge is -2.18. The number of carbonyl (C=O) groups excluding carboxylic acids is 1. The van der Waals surface area contributed by atoms with Crippen molar-refractivity contribution in [1.82, 2.24) is 5.32 Å². The number of aryl methyl sites for hydroxylation is 1. The standard InChI is InChI=1S/C18H20ClNO2/c1-3-16(12-22-17-6-4-5-13(2)11-17)20-18(21)14-7-9-15(19)10-8-14/h4-11,16H,3,12H2,1-2H3,(H,20,21)/t16-/m1/s1. The quantitative estimate of drug-likeness (QED) is 0.865. The third kappa shape index (κ3) is 4.78. The van der Waals surface area contributed by atoms with E-state index in [0.29, 0.717) is 17.2 Å². The SMILES string of the molecule is CC[C@H](COc1cccc(C)c1)NC(=O)c1ccc(Cl)cc1. The Kier molecular flexibility index (Phi) is 5.84. The fourth-order valence-corrected chi connectivity index (χ4v) is 2.16. The zero-order chi connectivity index (χ0) is 15.9. The minimum absolute atomic E-state index is 0.0382. The summed E-state index contributed by atoms with van der Waals surface area (Å²) < 4.78 is 5.76. The molecule has 116 valence electrons. The van der Waals surface area contributed by atoms with Crippen molar-refractivity contribution in [2.45, 2.75) is 26.3 Å². The van der Waals surface area contributed by atoms with E-state index >= 15 is 0 Å². The van der Waals surface area contributed by atoms with Gasteiger partial charge in [0, 0.05) is 10.6 Å². The van der Waals surface area contributed by atoms with Crippen LogP contribution in [0.5, 0.6) is 5.75 Å². The van der Waals surface area contributed by atoms with Crippen LogP contribution in [0.4, 0.5) is 0 Å². The van der Waals surface area contributed by atoms with Gasteiger partial charge in [0.1, 0.15) is 12.4 Å². The molecule has 0 radical (unpaired) electrons. The Labute approximate surface area is 136 Å². The van der Waals surface area contributed by atoms with Gasteiger partial charge in [0.25, 0.3) is 5.91 Å². The Morgan fingerprint density at radius 1 is 1.23 bits per heavy atom. The fraction of sp³-hybridized carbons (Fsp3) is 0.278. The lowest BCUT2D eigenvalue weighted by atomic mass is 10.1. The summed E-state index contributed by atoms with van der Waals surface area (Å²) in [6, 6.07) is 14.7. The zero-order valence-corrected chi connectivity index (χ0v) is 13.6. The van der Waals surface area contributed by atoms with E-state index in [1.807, 2.05) is 38.1 Å². The molecular formula is C18H20ClNO2. The molecule has 0 unspecified atom stereocenters. The van der Waals surface area contributed by atoms with Crippen molar-refractivity contribution in [1.29, 1.82) is 0 Å². The predicted octanol–water partition coefficient (Wildman–Crippen LogP) is 4.24. The number of ether oxygens (including phenoxy) is 1. The molecule has 1 N–H and O–H groups in total. The molecule has 22 heavy (non-hydrogen) atoms. The Balaban J connectivity index is 1.91. The number of carbonyl (C=O) groups is 1. The molecule has 4 heteroatoms. The van der Waals surface area contributed by atoms with Gasteiger partial charge in [-0.3, -0.25) is 4.79 Å². The Bertz CT molecular complexity index is 625. The summed E-state index contributed by atoms with van der Waals surface area (Å²) in [4.78, 5) is 12.2. The molecule has 0 saturated carbocycles. The van der Waals surface area contributed by atoms with Crippen LogP contribution in [-0.2, 0) is 0 Å². The number of halogens is 1. The maximum atomic E-state index is 12.2. The highest BCUT2D eigenvalue weighted by molar-refractivity contribution is 6.30. The summed E-state index contributed by atoms with van der Waals surface area (Å²) in [5.41, 5.74) is 1.74. The van der Waals surface area contributed by atoms with Gasteiger partial charge in [-0.1, -0.05) is 30.7 Å². The molecule has 0 spiro atoms. The highest BCUT2D eigenvalue weighted by atomic mass is 35.5. The van der Waals surface area contributed by atoms with Crippen molar-refractivity contribution in [3.63, 3.8) is 0 Å². The summed E-state index contributed by atoms with van der Waals surface area (Å²) in [6.45, 7) is 4.48. The van der Waals surface area contributed by atoms with E-state index < -0.39 is 0 Å². The van der Waals surface area contributed by atoms with Gasteiger partial charge in [0.2, 0.25) is 0 Å². The second-order valence-electron chi connectivity index (χ2n) is 5.21. The molecule has 0 aliphatic rings. The molecule has 2 aromatic rings. The van der Waals surface area contributed by atoms with Crippen LogP contribution in [0.25, 0.3) is 0 Å². The van der Waals surface area contributed by atoms with Gasteiger partial charge < -0.3 is 10.1 Å². The monoisotopic (exact) mass is 317 g/mol.